The second-order valence-corrected chi connectivity index (χ2v) is 3.12. The third kappa shape index (κ3) is 9.12. The van der Waals surface area contributed by atoms with Crippen LogP contribution in [0.5, 0.6) is 0 Å². The zero-order valence-electron chi connectivity index (χ0n) is 6.87. The monoisotopic (exact) mass is 202 g/mol. The Kier molecular flexibility index (Phi) is 6.31. The normalized spacial score (nSPS) is 10.5. The van der Waals surface area contributed by atoms with Gasteiger partial charge in [-0.25, -0.2) is 0 Å². The highest BCUT2D eigenvalue weighted by atomic mass is 32.1. The molecule has 12 heavy (non-hydrogen) atoms. The zero-order chi connectivity index (χ0) is 9.40. The second-order valence-electron chi connectivity index (χ2n) is 1.89. The van der Waals surface area contributed by atoms with Crippen LogP contribution in [0.2, 0.25) is 0 Å². The van der Waals surface area contributed by atoms with Crippen molar-refractivity contribution in [3.63, 3.8) is 0 Å². The van der Waals surface area contributed by atoms with Crippen molar-refractivity contribution >= 4 is 46.8 Å². The molecule has 66 valence electrons. The molecule has 4 nitrogen and oxygen atoms in total. The zero-order valence-corrected chi connectivity index (χ0v) is 8.50. The standard InChI is InChI=1S/C6H10N4S2/c1-5(11)9-7-3-4-8-10-6(2)12/h3-4H,1-2H3,(H,9,11)(H,10,12)/b7-3+,8-4+. The van der Waals surface area contributed by atoms with Crippen LogP contribution in [0.1, 0.15) is 13.8 Å². The molecule has 0 radical (unpaired) electrons. The molecule has 0 saturated heterocycles. The van der Waals surface area contributed by atoms with Gasteiger partial charge in [-0.3, -0.25) is 10.9 Å². The van der Waals surface area contributed by atoms with Crippen LogP contribution in [0.25, 0.3) is 0 Å². The molecule has 0 atom stereocenters. The highest BCUT2D eigenvalue weighted by Crippen LogP contribution is 1.66. The second kappa shape index (κ2) is 6.81. The highest BCUT2D eigenvalue weighted by molar-refractivity contribution is 7.80. The van der Waals surface area contributed by atoms with E-state index in [4.69, 9.17) is 24.4 Å². The fourth-order valence-electron chi connectivity index (χ4n) is 0.323. The lowest BCUT2D eigenvalue weighted by Gasteiger charge is -1.91. The number of rotatable bonds is 3. The van der Waals surface area contributed by atoms with Crippen molar-refractivity contribution in [2.24, 2.45) is 10.2 Å². The quantitative estimate of drug-likeness (QED) is 0.404. The summed E-state index contributed by atoms with van der Waals surface area (Å²) >= 11 is 9.42. The molecular formula is C6H10N4S2. The average Bonchev–Trinajstić information content (AvgIpc) is 1.95. The Bertz CT molecular complexity index is 198. The average molecular weight is 202 g/mol. The largest absolute Gasteiger partial charge is 0.272 e. The summed E-state index contributed by atoms with van der Waals surface area (Å²) in [6.45, 7) is 3.48. The van der Waals surface area contributed by atoms with Gasteiger partial charge in [-0.2, -0.15) is 10.2 Å². The van der Waals surface area contributed by atoms with Crippen LogP contribution in [0.15, 0.2) is 10.2 Å². The number of hydrogen-bond donors (Lipinski definition) is 2. The molecule has 0 unspecified atom stereocenters. The van der Waals surface area contributed by atoms with Gasteiger partial charge < -0.3 is 0 Å². The molecule has 0 rings (SSSR count). The van der Waals surface area contributed by atoms with Gasteiger partial charge in [0.05, 0.1) is 22.4 Å². The molecule has 0 amide bonds. The summed E-state index contributed by atoms with van der Waals surface area (Å²) in [6, 6.07) is 0. The van der Waals surface area contributed by atoms with Crippen LogP contribution in [0.4, 0.5) is 0 Å². The number of nitrogens with one attached hydrogen (secondary N) is 2. The first-order valence-corrected chi connectivity index (χ1v) is 4.02. The van der Waals surface area contributed by atoms with Crippen molar-refractivity contribution in [1.29, 1.82) is 0 Å². The first-order chi connectivity index (χ1) is 5.63. The molecule has 0 aliphatic rings. The molecule has 0 bridgehead atoms. The first-order valence-electron chi connectivity index (χ1n) is 3.21. The third-order valence-electron chi connectivity index (χ3n) is 0.660. The predicted molar refractivity (Wildman–Crippen MR) is 59.8 cm³/mol. The van der Waals surface area contributed by atoms with E-state index in [1.165, 1.54) is 12.4 Å². The molecule has 0 fully saturated rings. The Hall–Kier alpha value is -0.880. The van der Waals surface area contributed by atoms with Gasteiger partial charge in [0.25, 0.3) is 0 Å². The minimum absolute atomic E-state index is 0.610. The van der Waals surface area contributed by atoms with Gasteiger partial charge in [0, 0.05) is 0 Å². The van der Waals surface area contributed by atoms with Gasteiger partial charge in [-0.15, -0.1) is 0 Å². The van der Waals surface area contributed by atoms with Gasteiger partial charge in [0.1, 0.15) is 0 Å². The van der Waals surface area contributed by atoms with E-state index in [2.05, 4.69) is 21.1 Å². The van der Waals surface area contributed by atoms with Crippen LogP contribution >= 0.6 is 24.4 Å². The van der Waals surface area contributed by atoms with Gasteiger partial charge in [0.2, 0.25) is 0 Å². The maximum atomic E-state index is 4.71. The van der Waals surface area contributed by atoms with Gasteiger partial charge in [-0.05, 0) is 13.8 Å². The molecule has 0 spiro atoms. The molecule has 0 aromatic rings. The van der Waals surface area contributed by atoms with E-state index in [9.17, 15) is 0 Å². The number of nitrogens with zero attached hydrogens (tertiary/aromatic N) is 2. The number of hydrazone groups is 2. The molecule has 0 saturated carbocycles. The van der Waals surface area contributed by atoms with E-state index >= 15 is 0 Å². The maximum Gasteiger partial charge on any atom is 0.0930 e. The Morgan fingerprint density at radius 1 is 1.00 bits per heavy atom. The van der Waals surface area contributed by atoms with E-state index in [0.29, 0.717) is 9.98 Å². The third-order valence-corrected chi connectivity index (χ3v) is 0.842. The van der Waals surface area contributed by atoms with E-state index < -0.39 is 0 Å². The Labute approximate surface area is 82.1 Å². The molecule has 0 aliphatic carbocycles. The van der Waals surface area contributed by atoms with Crippen LogP contribution in [0, 0.1) is 0 Å². The molecule has 6 heteroatoms. The van der Waals surface area contributed by atoms with Crippen molar-refractivity contribution in [2.75, 3.05) is 0 Å². The van der Waals surface area contributed by atoms with Crippen molar-refractivity contribution in [2.45, 2.75) is 13.8 Å². The van der Waals surface area contributed by atoms with Crippen molar-refractivity contribution in [1.82, 2.24) is 10.9 Å². The molecule has 0 heterocycles. The highest BCUT2D eigenvalue weighted by Gasteiger charge is 1.77. The summed E-state index contributed by atoms with van der Waals surface area (Å²) in [5.74, 6) is 0. The summed E-state index contributed by atoms with van der Waals surface area (Å²) in [6.07, 6.45) is 2.95. The number of hydrogen-bond acceptors (Lipinski definition) is 4. The van der Waals surface area contributed by atoms with E-state index in [1.54, 1.807) is 13.8 Å². The molecule has 0 aliphatic heterocycles. The topological polar surface area (TPSA) is 48.8 Å². The Morgan fingerprint density at radius 2 is 1.33 bits per heavy atom. The summed E-state index contributed by atoms with van der Waals surface area (Å²) in [7, 11) is 0. The number of thiocarbonyl (C=S) groups is 2. The first kappa shape index (κ1) is 11.1. The van der Waals surface area contributed by atoms with Gasteiger partial charge in [0.15, 0.2) is 0 Å². The van der Waals surface area contributed by atoms with E-state index in [0.717, 1.165) is 0 Å². The molecule has 2 N–H and O–H groups in total. The summed E-state index contributed by atoms with van der Waals surface area (Å²) in [5.41, 5.74) is 5.17. The summed E-state index contributed by atoms with van der Waals surface area (Å²) < 4.78 is 0. The van der Waals surface area contributed by atoms with Gasteiger partial charge >= 0.3 is 0 Å². The fraction of sp³-hybridized carbons (Fsp3) is 0.333. The lowest BCUT2D eigenvalue weighted by atomic mass is 10.8. The van der Waals surface area contributed by atoms with Crippen molar-refractivity contribution in [3.8, 4) is 0 Å². The smallest absolute Gasteiger partial charge is 0.0930 e. The van der Waals surface area contributed by atoms with Crippen LogP contribution in [0.3, 0.4) is 0 Å². The SMILES string of the molecule is CC(=S)N/N=C/C=N/NC(C)=S. The minimum Gasteiger partial charge on any atom is -0.272 e. The Morgan fingerprint density at radius 3 is 1.58 bits per heavy atom. The maximum absolute atomic E-state index is 4.71. The Balaban J connectivity index is 3.52. The fourth-order valence-corrected chi connectivity index (χ4v) is 0.428. The van der Waals surface area contributed by atoms with Crippen LogP contribution in [-0.2, 0) is 0 Å². The van der Waals surface area contributed by atoms with Crippen molar-refractivity contribution < 1.29 is 0 Å². The van der Waals surface area contributed by atoms with E-state index in [1.807, 2.05) is 0 Å². The molecule has 0 aromatic heterocycles. The van der Waals surface area contributed by atoms with Crippen molar-refractivity contribution in [3.05, 3.63) is 0 Å². The van der Waals surface area contributed by atoms with Gasteiger partial charge in [-0.1, -0.05) is 24.4 Å². The molecular weight excluding hydrogens is 192 g/mol. The van der Waals surface area contributed by atoms with Crippen LogP contribution in [-0.4, -0.2) is 22.4 Å². The minimum atomic E-state index is 0.610. The lowest BCUT2D eigenvalue weighted by molar-refractivity contribution is 1.04. The summed E-state index contributed by atoms with van der Waals surface area (Å²) in [5, 5.41) is 7.44. The van der Waals surface area contributed by atoms with Crippen LogP contribution < -0.4 is 10.9 Å². The van der Waals surface area contributed by atoms with E-state index in [-0.39, 0.29) is 0 Å². The lowest BCUT2D eigenvalue weighted by Crippen LogP contribution is -2.12. The predicted octanol–water partition coefficient (Wildman–Crippen LogP) is 0.832. The molecule has 0 aromatic carbocycles. The summed E-state index contributed by atoms with van der Waals surface area (Å²) in [4.78, 5) is 1.22.